The van der Waals surface area contributed by atoms with Gasteiger partial charge in [-0.2, -0.15) is 5.10 Å². The molecule has 1 fully saturated rings. The largest absolute Gasteiger partial charge is 0.491 e. The molecule has 1 aromatic heterocycles. The average Bonchev–Trinajstić information content (AvgIpc) is 3.47. The number of rotatable bonds is 11. The monoisotopic (exact) mass is 594 g/mol. The van der Waals surface area contributed by atoms with E-state index >= 15 is 0 Å². The van der Waals surface area contributed by atoms with Crippen LogP contribution in [-0.4, -0.2) is 95.7 Å². The van der Waals surface area contributed by atoms with Gasteiger partial charge in [0, 0.05) is 58.9 Å². The zero-order chi connectivity index (χ0) is 29.9. The lowest BCUT2D eigenvalue weighted by atomic mass is 10.0. The van der Waals surface area contributed by atoms with E-state index in [0.717, 1.165) is 16.9 Å². The van der Waals surface area contributed by atoms with Crippen molar-refractivity contribution in [3.05, 3.63) is 59.0 Å². The highest BCUT2D eigenvalue weighted by atomic mass is 28.3. The minimum absolute atomic E-state index is 0.0959. The van der Waals surface area contributed by atoms with Gasteiger partial charge in [-0.25, -0.2) is 9.48 Å². The van der Waals surface area contributed by atoms with Gasteiger partial charge < -0.3 is 29.3 Å². The molecule has 224 valence electrons. The number of hydrogen-bond acceptors (Lipinski definition) is 8. The van der Waals surface area contributed by atoms with E-state index in [1.807, 2.05) is 28.9 Å². The van der Waals surface area contributed by atoms with E-state index in [-0.39, 0.29) is 24.8 Å². The summed E-state index contributed by atoms with van der Waals surface area (Å²) in [6.45, 7) is 10.1. The van der Waals surface area contributed by atoms with Crippen LogP contribution in [0.15, 0.2) is 42.2 Å². The van der Waals surface area contributed by atoms with Gasteiger partial charge in [0.15, 0.2) is 5.76 Å². The summed E-state index contributed by atoms with van der Waals surface area (Å²) in [4.78, 5) is 28.4. The minimum atomic E-state index is -1.21. The molecule has 2 aromatic carbocycles. The maximum Gasteiger partial charge on any atom is 0.407 e. The molecule has 0 aliphatic carbocycles. The molecule has 0 spiro atoms. The van der Waals surface area contributed by atoms with Crippen molar-refractivity contribution in [3.63, 3.8) is 0 Å². The highest BCUT2D eigenvalue weighted by Crippen LogP contribution is 2.41. The van der Waals surface area contributed by atoms with E-state index in [1.54, 1.807) is 18.2 Å². The van der Waals surface area contributed by atoms with Gasteiger partial charge in [0.2, 0.25) is 5.78 Å². The molecule has 2 N–H and O–H groups in total. The topological polar surface area (TPSA) is 127 Å². The number of fused-ring (bicyclic) bond motifs is 2. The average molecular weight is 595 g/mol. The van der Waals surface area contributed by atoms with Gasteiger partial charge in [0.25, 0.3) is 0 Å². The summed E-state index contributed by atoms with van der Waals surface area (Å²) in [5.41, 5.74) is 2.63. The molecule has 0 radical (unpaired) electrons. The van der Waals surface area contributed by atoms with Crippen molar-refractivity contribution in [2.75, 3.05) is 46.0 Å². The molecule has 3 aromatic rings. The van der Waals surface area contributed by atoms with E-state index in [2.05, 4.69) is 24.5 Å². The van der Waals surface area contributed by atoms with Crippen LogP contribution in [0.2, 0.25) is 25.7 Å². The summed E-state index contributed by atoms with van der Waals surface area (Å²) in [5, 5.41) is 24.3. The third-order valence-corrected chi connectivity index (χ3v) is 9.14. The maximum atomic E-state index is 13.5. The van der Waals surface area contributed by atoms with Crippen molar-refractivity contribution >= 4 is 36.9 Å². The minimum Gasteiger partial charge on any atom is -0.491 e. The number of aromatic nitrogens is 2. The Hall–Kier alpha value is -3.71. The third-order valence-electron chi connectivity index (χ3n) is 7.44. The fraction of sp³-hybridized carbons (Fsp3) is 0.433. The van der Waals surface area contributed by atoms with Gasteiger partial charge in [0.1, 0.15) is 24.8 Å². The van der Waals surface area contributed by atoms with Crippen LogP contribution in [0.1, 0.15) is 21.6 Å². The number of nitrogens with zero attached hydrogens (tertiary/aromatic N) is 4. The summed E-state index contributed by atoms with van der Waals surface area (Å²) in [7, 11) is -1.21. The summed E-state index contributed by atoms with van der Waals surface area (Å²) < 4.78 is 19.8. The zero-order valence-electron chi connectivity index (χ0n) is 24.3. The summed E-state index contributed by atoms with van der Waals surface area (Å²) in [6, 6.07) is 12.3. The number of Topliss-reactive ketones (excluding diaryl/α,β-unsaturated/α-hetero) is 1. The van der Waals surface area contributed by atoms with Crippen LogP contribution in [0.5, 0.6) is 11.5 Å². The number of allylic oxidation sites excluding steroid dienone is 1. The number of carboxylic acid groups (broad SMARTS) is 1. The third kappa shape index (κ3) is 6.67. The number of aliphatic hydroxyl groups is 1. The number of benzene rings is 2. The maximum absolute atomic E-state index is 13.5. The molecule has 0 atom stereocenters. The second-order valence-electron chi connectivity index (χ2n) is 11.7. The van der Waals surface area contributed by atoms with Crippen LogP contribution >= 0.6 is 0 Å². The molecule has 1 amide bonds. The van der Waals surface area contributed by atoms with Gasteiger partial charge in [-0.3, -0.25) is 9.69 Å². The fourth-order valence-electron chi connectivity index (χ4n) is 5.06. The molecule has 11 nitrogen and oxygen atoms in total. The Bertz CT molecular complexity index is 1490. The summed E-state index contributed by atoms with van der Waals surface area (Å²) >= 11 is 0. The number of ether oxygens (including phenoxy) is 3. The van der Waals surface area contributed by atoms with E-state index in [0.29, 0.717) is 74.4 Å². The van der Waals surface area contributed by atoms with E-state index < -0.39 is 14.2 Å². The van der Waals surface area contributed by atoms with Gasteiger partial charge in [-0.05, 0) is 24.2 Å². The van der Waals surface area contributed by atoms with Crippen LogP contribution < -0.4 is 9.47 Å². The standard InChI is InChI=1S/C30H38N4O7Si/c1-42(2,3)17-16-39-20-34-25-7-5-4-6-21(25)24(31-34)18-27-28(36)22-8-9-26(40-15-14-35)23(29(22)41-27)19-32-10-12-33(13-11-32)30(37)38/h4-9,18,35H,10-17,19-20H2,1-3H3,(H,37,38)/b27-18-. The Kier molecular flexibility index (Phi) is 8.97. The summed E-state index contributed by atoms with van der Waals surface area (Å²) in [6.07, 6.45) is 0.742. The Morgan fingerprint density at radius 1 is 1.10 bits per heavy atom. The molecule has 0 unspecified atom stereocenters. The first kappa shape index (κ1) is 29.8. The quantitative estimate of drug-likeness (QED) is 0.191. The van der Waals surface area contributed by atoms with Crippen LogP contribution in [0.4, 0.5) is 4.79 Å². The van der Waals surface area contributed by atoms with Gasteiger partial charge in [-0.15, -0.1) is 0 Å². The van der Waals surface area contributed by atoms with Crippen LogP contribution in [0, 0.1) is 0 Å². The van der Waals surface area contributed by atoms with Crippen molar-refractivity contribution in [2.45, 2.75) is 39.0 Å². The first-order valence-electron chi connectivity index (χ1n) is 14.2. The van der Waals surface area contributed by atoms with Crippen LogP contribution in [0.25, 0.3) is 17.0 Å². The van der Waals surface area contributed by atoms with Crippen molar-refractivity contribution in [2.24, 2.45) is 0 Å². The molecule has 42 heavy (non-hydrogen) atoms. The van der Waals surface area contributed by atoms with Gasteiger partial charge in [-0.1, -0.05) is 37.8 Å². The molecular formula is C30H38N4O7Si. The fourth-order valence-corrected chi connectivity index (χ4v) is 5.82. The lowest BCUT2D eigenvalue weighted by molar-refractivity contribution is 0.0816. The highest BCUT2D eigenvalue weighted by Gasteiger charge is 2.33. The number of hydrogen-bond donors (Lipinski definition) is 2. The molecule has 2 aliphatic heterocycles. The normalized spacial score (nSPS) is 16.7. The van der Waals surface area contributed by atoms with Crippen molar-refractivity contribution < 1.29 is 34.0 Å². The first-order chi connectivity index (χ1) is 20.1. The number of carbonyl (C=O) groups is 2. The second-order valence-corrected chi connectivity index (χ2v) is 17.3. The van der Waals surface area contributed by atoms with Crippen LogP contribution in [-0.2, 0) is 18.0 Å². The van der Waals surface area contributed by atoms with Gasteiger partial charge >= 0.3 is 6.09 Å². The molecule has 1 saturated heterocycles. The molecular weight excluding hydrogens is 556 g/mol. The lowest BCUT2D eigenvalue weighted by Crippen LogP contribution is -2.47. The molecule has 0 bridgehead atoms. The van der Waals surface area contributed by atoms with E-state index in [9.17, 15) is 19.8 Å². The van der Waals surface area contributed by atoms with Crippen molar-refractivity contribution in [1.29, 1.82) is 0 Å². The summed E-state index contributed by atoms with van der Waals surface area (Å²) in [5.74, 6) is 0.848. The Labute approximate surface area is 245 Å². The Balaban J connectivity index is 1.41. The van der Waals surface area contributed by atoms with Crippen LogP contribution in [0.3, 0.4) is 0 Å². The molecule has 0 saturated carbocycles. The lowest BCUT2D eigenvalue weighted by Gasteiger charge is -2.33. The predicted octanol–water partition coefficient (Wildman–Crippen LogP) is 4.13. The second kappa shape index (κ2) is 12.7. The van der Waals surface area contributed by atoms with Crippen molar-refractivity contribution in [1.82, 2.24) is 19.6 Å². The van der Waals surface area contributed by atoms with Gasteiger partial charge in [0.05, 0.1) is 28.9 Å². The van der Waals surface area contributed by atoms with Crippen molar-refractivity contribution in [3.8, 4) is 11.5 Å². The molecule has 5 rings (SSSR count). The number of ketones is 1. The Morgan fingerprint density at radius 3 is 2.57 bits per heavy atom. The molecule has 2 aliphatic rings. The first-order valence-corrected chi connectivity index (χ1v) is 17.9. The number of carbonyl (C=O) groups excluding carboxylic acids is 1. The smallest absolute Gasteiger partial charge is 0.407 e. The number of amides is 1. The molecule has 3 heterocycles. The zero-order valence-corrected chi connectivity index (χ0v) is 25.3. The van der Waals surface area contributed by atoms with E-state index in [1.165, 1.54) is 4.90 Å². The number of aliphatic hydroxyl groups excluding tert-OH is 1. The van der Waals surface area contributed by atoms with E-state index in [4.69, 9.17) is 19.3 Å². The SMILES string of the molecule is C[Si](C)(C)CCOCn1nc(/C=C2\Oc3c(ccc(OCCO)c3CN3CCN(C(=O)O)CC3)C2=O)c2ccccc21. The number of para-hydroxylation sites is 1. The predicted molar refractivity (Wildman–Crippen MR) is 161 cm³/mol. The number of piperazine rings is 1. The Morgan fingerprint density at radius 2 is 1.86 bits per heavy atom. The highest BCUT2D eigenvalue weighted by molar-refractivity contribution is 6.76. The molecule has 12 heteroatoms.